The number of alkyl halides is 6. The lowest BCUT2D eigenvalue weighted by Gasteiger charge is -2.12. The highest BCUT2D eigenvalue weighted by atomic mass is 19.4. The van der Waals surface area contributed by atoms with Gasteiger partial charge in [-0.05, 0) is 86.6 Å². The molecule has 0 saturated carbocycles. The minimum absolute atomic E-state index is 0.0875. The molecule has 0 bridgehead atoms. The molecule has 6 N–H and O–H groups in total. The zero-order chi connectivity index (χ0) is 40.6. The lowest BCUT2D eigenvalue weighted by Crippen LogP contribution is -2.11. The van der Waals surface area contributed by atoms with Gasteiger partial charge in [-0.15, -0.1) is 0 Å². The van der Waals surface area contributed by atoms with Crippen molar-refractivity contribution in [2.45, 2.75) is 26.2 Å². The third kappa shape index (κ3) is 8.07. The molecule has 8 aromatic rings. The summed E-state index contributed by atoms with van der Waals surface area (Å²) in [6.07, 6.45) is -8.85. The van der Waals surface area contributed by atoms with E-state index >= 15 is 0 Å². The number of nitrogens with one attached hydrogen (secondary N) is 2. The molecule has 290 valence electrons. The van der Waals surface area contributed by atoms with E-state index in [9.17, 15) is 30.7 Å². The molecule has 0 aliphatic heterocycles. The molecule has 0 aliphatic carbocycles. The Kier molecular flexibility index (Phi) is 9.82. The number of rotatable bonds is 6. The summed E-state index contributed by atoms with van der Waals surface area (Å²) < 4.78 is 94.1. The van der Waals surface area contributed by atoms with Crippen molar-refractivity contribution in [1.29, 1.82) is 0 Å². The van der Waals surface area contributed by atoms with Gasteiger partial charge in [-0.2, -0.15) is 50.7 Å². The Labute approximate surface area is 318 Å². The second-order valence-corrected chi connectivity index (χ2v) is 12.4. The first-order valence-corrected chi connectivity index (χ1v) is 16.8. The van der Waals surface area contributed by atoms with E-state index in [0.29, 0.717) is 40.1 Å². The Morgan fingerprint density at radius 1 is 0.544 bits per heavy atom. The zero-order valence-electron chi connectivity index (χ0n) is 29.7. The van der Waals surface area contributed by atoms with E-state index < -0.39 is 35.1 Å². The van der Waals surface area contributed by atoms with Crippen molar-refractivity contribution >= 4 is 56.7 Å². The predicted molar refractivity (Wildman–Crippen MR) is 201 cm³/mol. The molecule has 8 rings (SSSR count). The Morgan fingerprint density at radius 3 is 1.49 bits per heavy atom. The summed E-state index contributed by atoms with van der Waals surface area (Å²) in [6, 6.07) is 25.1. The van der Waals surface area contributed by atoms with Gasteiger partial charge < -0.3 is 22.1 Å². The SMILES string of the molecule is Cc1nc2ccccc2n1-c1nc(N)c(F)c(Nc2ccc(C(F)(F)F)cc2)n1.Cc1nc2ccccc2n1-c1nc(N)cc(Nc2ccc(C(F)(F)F)cc2)n1. The quantitative estimate of drug-likeness (QED) is 0.120. The maximum atomic E-state index is 14.5. The van der Waals surface area contributed by atoms with Crippen LogP contribution in [0, 0.1) is 19.7 Å². The molecular formula is C38H29F7N12. The molecule has 0 spiro atoms. The molecule has 12 nitrogen and oxygen atoms in total. The standard InChI is InChI=1S/C19H14F4N6.C19H15F3N6/c1-10-25-13-4-2-3-5-14(13)29(10)18-27-16(24)15(20)17(28-18)26-12-8-6-11(7-9-12)19(21,22)23;1-11-24-14-4-2-3-5-15(14)28(11)18-26-16(23)10-17(27-18)25-13-8-6-12(7-9-13)19(20,21)22/h2-9H,1H3,(H3,24,26,27,28);2-10H,1H3,(H3,23,25,26,27). The number of nitrogens with two attached hydrogens (primary N) is 2. The second-order valence-electron chi connectivity index (χ2n) is 12.4. The van der Waals surface area contributed by atoms with E-state index in [1.54, 1.807) is 22.1 Å². The maximum absolute atomic E-state index is 14.5. The highest BCUT2D eigenvalue weighted by Gasteiger charge is 2.31. The van der Waals surface area contributed by atoms with E-state index in [-0.39, 0.29) is 23.3 Å². The number of benzene rings is 4. The molecule has 0 radical (unpaired) electrons. The third-order valence-electron chi connectivity index (χ3n) is 8.42. The van der Waals surface area contributed by atoms with Crippen molar-refractivity contribution in [3.63, 3.8) is 0 Å². The summed E-state index contributed by atoms with van der Waals surface area (Å²) in [5, 5.41) is 5.62. The van der Waals surface area contributed by atoms with Gasteiger partial charge in [0.1, 0.15) is 23.3 Å². The Bertz CT molecular complexity index is 2720. The fourth-order valence-electron chi connectivity index (χ4n) is 5.82. The molecule has 19 heteroatoms. The predicted octanol–water partition coefficient (Wildman–Crippen LogP) is 9.08. The molecule has 0 saturated heterocycles. The smallest absolute Gasteiger partial charge is 0.383 e. The van der Waals surface area contributed by atoms with Gasteiger partial charge >= 0.3 is 12.4 Å². The van der Waals surface area contributed by atoms with Crippen molar-refractivity contribution in [1.82, 2.24) is 39.0 Å². The zero-order valence-corrected chi connectivity index (χ0v) is 29.7. The first kappa shape index (κ1) is 38.0. The van der Waals surface area contributed by atoms with E-state index in [1.165, 1.54) is 30.3 Å². The monoisotopic (exact) mass is 786 g/mol. The van der Waals surface area contributed by atoms with Crippen molar-refractivity contribution in [2.24, 2.45) is 0 Å². The fourth-order valence-corrected chi connectivity index (χ4v) is 5.82. The van der Waals surface area contributed by atoms with Crippen molar-refractivity contribution in [3.8, 4) is 11.9 Å². The van der Waals surface area contributed by atoms with Gasteiger partial charge in [-0.25, -0.2) is 9.97 Å². The number of anilines is 6. The number of fused-ring (bicyclic) bond motifs is 2. The number of hydrogen-bond donors (Lipinski definition) is 4. The van der Waals surface area contributed by atoms with Crippen molar-refractivity contribution in [2.75, 3.05) is 22.1 Å². The second kappa shape index (κ2) is 14.7. The van der Waals surface area contributed by atoms with Crippen LogP contribution in [0.3, 0.4) is 0 Å². The van der Waals surface area contributed by atoms with Crippen LogP contribution in [-0.2, 0) is 12.4 Å². The fraction of sp³-hybridized carbons (Fsp3) is 0.105. The number of hydrogen-bond acceptors (Lipinski definition) is 10. The molecule has 0 unspecified atom stereocenters. The van der Waals surface area contributed by atoms with Crippen LogP contribution in [0.15, 0.2) is 103 Å². The van der Waals surface area contributed by atoms with Gasteiger partial charge in [0.2, 0.25) is 17.7 Å². The highest BCUT2D eigenvalue weighted by Crippen LogP contribution is 2.32. The van der Waals surface area contributed by atoms with Crippen LogP contribution < -0.4 is 22.1 Å². The van der Waals surface area contributed by atoms with Crippen LogP contribution >= 0.6 is 0 Å². The lowest BCUT2D eigenvalue weighted by molar-refractivity contribution is -0.138. The lowest BCUT2D eigenvalue weighted by atomic mass is 10.2. The minimum atomic E-state index is -4.46. The largest absolute Gasteiger partial charge is 0.416 e. The van der Waals surface area contributed by atoms with Gasteiger partial charge in [-0.3, -0.25) is 9.13 Å². The van der Waals surface area contributed by atoms with Crippen LogP contribution in [-0.4, -0.2) is 39.0 Å². The maximum Gasteiger partial charge on any atom is 0.416 e. The first-order chi connectivity index (χ1) is 27.0. The van der Waals surface area contributed by atoms with E-state index in [0.717, 1.165) is 35.3 Å². The summed E-state index contributed by atoms with van der Waals surface area (Å²) in [5.74, 6) is 0.674. The van der Waals surface area contributed by atoms with E-state index in [4.69, 9.17) is 11.5 Å². The molecule has 4 heterocycles. The molecule has 0 aliphatic rings. The number of halogens is 7. The van der Waals surface area contributed by atoms with Gasteiger partial charge in [0.25, 0.3) is 0 Å². The Morgan fingerprint density at radius 2 is 1.00 bits per heavy atom. The average Bonchev–Trinajstić information content (AvgIpc) is 3.68. The summed E-state index contributed by atoms with van der Waals surface area (Å²) in [7, 11) is 0. The topological polar surface area (TPSA) is 163 Å². The van der Waals surface area contributed by atoms with E-state index in [1.807, 2.05) is 49.4 Å². The number of aryl methyl sites for hydroxylation is 2. The van der Waals surface area contributed by atoms with Gasteiger partial charge in [0.15, 0.2) is 11.6 Å². The van der Waals surface area contributed by atoms with Crippen LogP contribution in [0.4, 0.5) is 65.4 Å². The van der Waals surface area contributed by atoms with Crippen molar-refractivity contribution in [3.05, 3.63) is 132 Å². The van der Waals surface area contributed by atoms with Crippen LogP contribution in [0.2, 0.25) is 0 Å². The van der Waals surface area contributed by atoms with Gasteiger partial charge in [-0.1, -0.05) is 24.3 Å². The normalized spacial score (nSPS) is 11.7. The highest BCUT2D eigenvalue weighted by molar-refractivity contribution is 5.78. The molecule has 4 aromatic heterocycles. The average molecular weight is 787 g/mol. The Hall–Kier alpha value is -7.31. The summed E-state index contributed by atoms with van der Waals surface area (Å²) in [6.45, 7) is 3.57. The number of aromatic nitrogens is 8. The molecule has 57 heavy (non-hydrogen) atoms. The van der Waals surface area contributed by atoms with Crippen LogP contribution in [0.1, 0.15) is 22.8 Å². The van der Waals surface area contributed by atoms with Crippen LogP contribution in [0.5, 0.6) is 0 Å². The van der Waals surface area contributed by atoms with Gasteiger partial charge in [0.05, 0.1) is 33.2 Å². The summed E-state index contributed by atoms with van der Waals surface area (Å²) in [5.41, 5.74) is 13.8. The Balaban J connectivity index is 0.000000174. The van der Waals surface area contributed by atoms with Crippen molar-refractivity contribution < 1.29 is 30.7 Å². The first-order valence-electron chi connectivity index (χ1n) is 16.8. The number of para-hydroxylation sites is 4. The summed E-state index contributed by atoms with van der Waals surface area (Å²) in [4.78, 5) is 25.8. The molecule has 0 fully saturated rings. The molecule has 4 aromatic carbocycles. The van der Waals surface area contributed by atoms with Gasteiger partial charge in [0, 0.05) is 17.4 Å². The minimum Gasteiger partial charge on any atom is -0.383 e. The molecular weight excluding hydrogens is 757 g/mol. The van der Waals surface area contributed by atoms with E-state index in [2.05, 4.69) is 40.5 Å². The third-order valence-corrected chi connectivity index (χ3v) is 8.42. The summed E-state index contributed by atoms with van der Waals surface area (Å²) >= 11 is 0. The number of nitrogens with zero attached hydrogens (tertiary/aromatic N) is 8. The molecule has 0 amide bonds. The number of nitrogen functional groups attached to an aromatic ring is 2. The molecule has 0 atom stereocenters. The van der Waals surface area contributed by atoms with Crippen LogP contribution in [0.25, 0.3) is 34.0 Å². The number of imidazole rings is 2.